The second-order valence-electron chi connectivity index (χ2n) is 7.59. The largest absolute Gasteiger partial charge is 0.272 e. The number of amides is 2. The normalized spacial score (nSPS) is 18.7. The third-order valence-electron chi connectivity index (χ3n) is 5.03. The first-order chi connectivity index (χ1) is 12.9. The van der Waals surface area contributed by atoms with Crippen LogP contribution in [-0.4, -0.2) is 16.8 Å². The summed E-state index contributed by atoms with van der Waals surface area (Å²) >= 11 is 6.04. The number of hydrogen-bond donors (Lipinski definition) is 0. The lowest BCUT2D eigenvalue weighted by atomic mass is 9.94. The second-order valence-corrected chi connectivity index (χ2v) is 8.02. The van der Waals surface area contributed by atoms with Gasteiger partial charge in [-0.1, -0.05) is 49.2 Å². The van der Waals surface area contributed by atoms with Crippen LogP contribution in [0.25, 0.3) is 5.57 Å². The summed E-state index contributed by atoms with van der Waals surface area (Å²) in [5.41, 5.74) is 4.66. The van der Waals surface area contributed by atoms with E-state index in [9.17, 15) is 9.59 Å². The van der Waals surface area contributed by atoms with E-state index in [-0.39, 0.29) is 17.7 Å². The molecule has 2 aromatic carbocycles. The fraction of sp³-hybridized carbons (Fsp3) is 0.273. The molecule has 138 valence electrons. The lowest BCUT2D eigenvalue weighted by Gasteiger charge is -2.32. The minimum Gasteiger partial charge on any atom is -0.272 e. The summed E-state index contributed by atoms with van der Waals surface area (Å²) in [4.78, 5) is 26.0. The molecule has 2 aromatic rings. The number of hydrogen-bond acceptors (Lipinski definition) is 2. The number of nitrogens with zero attached hydrogens (tertiary/aromatic N) is 2. The third-order valence-corrected chi connectivity index (χ3v) is 5.28. The summed E-state index contributed by atoms with van der Waals surface area (Å²) in [7, 11) is 0. The van der Waals surface area contributed by atoms with E-state index in [1.807, 2.05) is 57.2 Å². The number of aryl methyl sites for hydroxylation is 1. The van der Waals surface area contributed by atoms with Gasteiger partial charge in [-0.25, -0.2) is 10.0 Å². The van der Waals surface area contributed by atoms with Crippen LogP contribution in [0.3, 0.4) is 0 Å². The van der Waals surface area contributed by atoms with Gasteiger partial charge in [0.05, 0.1) is 5.69 Å². The molecule has 0 bridgehead atoms. The Hall–Kier alpha value is -2.59. The van der Waals surface area contributed by atoms with Crippen LogP contribution in [0.1, 0.15) is 37.0 Å². The van der Waals surface area contributed by atoms with Gasteiger partial charge in [0.15, 0.2) is 0 Å². The van der Waals surface area contributed by atoms with E-state index in [2.05, 4.69) is 6.07 Å². The zero-order chi connectivity index (χ0) is 19.3. The highest BCUT2D eigenvalue weighted by molar-refractivity contribution is 6.30. The SMILES string of the molecule is Cc1ccc2c(c1)C(c1ccc(Cl)cc1)=CN1C(=O)C(CC(C)C)C(=O)N21. The van der Waals surface area contributed by atoms with Gasteiger partial charge in [-0.2, -0.15) is 0 Å². The minimum atomic E-state index is -0.625. The smallest absolute Gasteiger partial charge is 0.258 e. The van der Waals surface area contributed by atoms with Crippen LogP contribution < -0.4 is 5.01 Å². The van der Waals surface area contributed by atoms with Crippen LogP contribution in [0.2, 0.25) is 5.02 Å². The molecule has 1 fully saturated rings. The average Bonchev–Trinajstić information content (AvgIpc) is 2.86. The maximum atomic E-state index is 13.0. The third kappa shape index (κ3) is 2.94. The zero-order valence-corrected chi connectivity index (χ0v) is 16.3. The van der Waals surface area contributed by atoms with Gasteiger partial charge in [-0.05, 0) is 49.1 Å². The van der Waals surface area contributed by atoms with Gasteiger partial charge < -0.3 is 0 Å². The van der Waals surface area contributed by atoms with Crippen molar-refractivity contribution in [3.05, 3.63) is 70.4 Å². The fourth-order valence-electron chi connectivity index (χ4n) is 3.75. The topological polar surface area (TPSA) is 40.6 Å². The van der Waals surface area contributed by atoms with Crippen LogP contribution in [0.15, 0.2) is 48.7 Å². The number of carbonyl (C=O) groups excluding carboxylic acids is 2. The van der Waals surface area contributed by atoms with E-state index in [0.717, 1.165) is 28.0 Å². The van der Waals surface area contributed by atoms with Gasteiger partial charge in [-0.3, -0.25) is 9.59 Å². The Bertz CT molecular complexity index is 963. The Morgan fingerprint density at radius 3 is 2.41 bits per heavy atom. The van der Waals surface area contributed by atoms with E-state index in [0.29, 0.717) is 11.4 Å². The molecule has 4 nitrogen and oxygen atoms in total. The molecule has 1 atom stereocenters. The predicted octanol–water partition coefficient (Wildman–Crippen LogP) is 4.80. The highest BCUT2D eigenvalue weighted by Crippen LogP contribution is 2.42. The molecule has 5 heteroatoms. The van der Waals surface area contributed by atoms with Crippen LogP contribution in [-0.2, 0) is 9.59 Å². The van der Waals surface area contributed by atoms with Crippen molar-refractivity contribution in [3.63, 3.8) is 0 Å². The van der Waals surface area contributed by atoms with Crippen molar-refractivity contribution in [2.24, 2.45) is 11.8 Å². The van der Waals surface area contributed by atoms with Gasteiger partial charge in [-0.15, -0.1) is 0 Å². The standard InChI is InChI=1S/C22H21ClN2O2/c1-13(2)10-18-21(26)24-12-19(15-5-7-16(23)8-6-15)17-11-14(3)4-9-20(17)25(24)22(18)27/h4-9,11-13,18H,10H2,1-3H3. The molecule has 0 aromatic heterocycles. The molecule has 1 saturated heterocycles. The van der Waals surface area contributed by atoms with Crippen LogP contribution >= 0.6 is 11.6 Å². The summed E-state index contributed by atoms with van der Waals surface area (Å²) in [6.45, 7) is 6.07. The van der Waals surface area contributed by atoms with E-state index in [1.165, 1.54) is 10.0 Å². The highest BCUT2D eigenvalue weighted by Gasteiger charge is 2.48. The molecule has 0 spiro atoms. The van der Waals surface area contributed by atoms with E-state index >= 15 is 0 Å². The van der Waals surface area contributed by atoms with Crippen LogP contribution in [0.4, 0.5) is 5.69 Å². The highest BCUT2D eigenvalue weighted by atomic mass is 35.5. The van der Waals surface area contributed by atoms with Gasteiger partial charge in [0.25, 0.3) is 11.8 Å². The summed E-state index contributed by atoms with van der Waals surface area (Å²) < 4.78 is 0. The van der Waals surface area contributed by atoms with Crippen molar-refractivity contribution in [2.75, 3.05) is 5.01 Å². The van der Waals surface area contributed by atoms with Crippen molar-refractivity contribution in [1.29, 1.82) is 0 Å². The fourth-order valence-corrected chi connectivity index (χ4v) is 3.87. The number of halogens is 1. The summed E-state index contributed by atoms with van der Waals surface area (Å²) in [5.74, 6) is -0.667. The predicted molar refractivity (Wildman–Crippen MR) is 107 cm³/mol. The molecule has 4 rings (SSSR count). The molecule has 2 aliphatic heterocycles. The molecular formula is C22H21ClN2O2. The molecule has 2 heterocycles. The monoisotopic (exact) mass is 380 g/mol. The molecule has 0 N–H and O–H groups in total. The minimum absolute atomic E-state index is 0.148. The Morgan fingerprint density at radius 2 is 1.74 bits per heavy atom. The Morgan fingerprint density at radius 1 is 1.04 bits per heavy atom. The van der Waals surface area contributed by atoms with E-state index in [4.69, 9.17) is 11.6 Å². The second kappa shape index (κ2) is 6.54. The lowest BCUT2D eigenvalue weighted by Crippen LogP contribution is -2.40. The molecule has 0 radical (unpaired) electrons. The van der Waals surface area contributed by atoms with Crippen molar-refractivity contribution in [2.45, 2.75) is 27.2 Å². The quantitative estimate of drug-likeness (QED) is 0.717. The van der Waals surface area contributed by atoms with Crippen LogP contribution in [0, 0.1) is 18.8 Å². The maximum Gasteiger partial charge on any atom is 0.258 e. The molecule has 1 unspecified atom stereocenters. The maximum absolute atomic E-state index is 13.0. The van der Waals surface area contributed by atoms with Gasteiger partial charge >= 0.3 is 0 Å². The Kier molecular flexibility index (Phi) is 4.31. The number of fused-ring (bicyclic) bond motifs is 3. The van der Waals surface area contributed by atoms with Gasteiger partial charge in [0.1, 0.15) is 5.92 Å². The first-order valence-electron chi connectivity index (χ1n) is 9.12. The molecule has 2 aliphatic rings. The first kappa shape index (κ1) is 17.8. The van der Waals surface area contributed by atoms with Crippen molar-refractivity contribution in [3.8, 4) is 0 Å². The Balaban J connectivity index is 1.87. The molecule has 0 saturated carbocycles. The van der Waals surface area contributed by atoms with Crippen molar-refractivity contribution >= 4 is 34.7 Å². The van der Waals surface area contributed by atoms with E-state index in [1.54, 1.807) is 6.20 Å². The number of hydrazine groups is 1. The summed E-state index contributed by atoms with van der Waals surface area (Å²) in [5, 5.41) is 3.67. The van der Waals surface area contributed by atoms with Crippen LogP contribution in [0.5, 0.6) is 0 Å². The Labute approximate surface area is 164 Å². The number of rotatable bonds is 3. The molecule has 27 heavy (non-hydrogen) atoms. The number of anilines is 1. The lowest BCUT2D eigenvalue weighted by molar-refractivity contribution is -0.131. The molecular weight excluding hydrogens is 360 g/mol. The average molecular weight is 381 g/mol. The number of benzene rings is 2. The number of carbonyl (C=O) groups is 2. The zero-order valence-electron chi connectivity index (χ0n) is 15.6. The first-order valence-corrected chi connectivity index (χ1v) is 9.50. The molecule has 0 aliphatic carbocycles. The summed E-state index contributed by atoms with van der Waals surface area (Å²) in [6, 6.07) is 13.5. The van der Waals surface area contributed by atoms with Crippen molar-refractivity contribution < 1.29 is 9.59 Å². The van der Waals surface area contributed by atoms with Crippen molar-refractivity contribution in [1.82, 2.24) is 5.01 Å². The van der Waals surface area contributed by atoms with Gasteiger partial charge in [0, 0.05) is 22.4 Å². The summed E-state index contributed by atoms with van der Waals surface area (Å²) in [6.07, 6.45) is 2.33. The van der Waals surface area contributed by atoms with E-state index < -0.39 is 5.92 Å². The molecule has 2 amide bonds. The van der Waals surface area contributed by atoms with Gasteiger partial charge in [0.2, 0.25) is 0 Å².